The first-order valence-corrected chi connectivity index (χ1v) is 8.99. The van der Waals surface area contributed by atoms with E-state index in [4.69, 9.17) is 11.6 Å². The van der Waals surface area contributed by atoms with Crippen LogP contribution in [0, 0.1) is 0 Å². The molecule has 2 fully saturated rings. The minimum absolute atomic E-state index is 0.213. The molecule has 4 rings (SSSR count). The van der Waals surface area contributed by atoms with Gasteiger partial charge in [-0.3, -0.25) is 14.9 Å². The number of amides is 2. The Bertz CT molecular complexity index is 828. The molecule has 2 aromatic rings. The monoisotopic (exact) mass is 354 g/mol. The van der Waals surface area contributed by atoms with Crippen molar-refractivity contribution in [2.45, 2.75) is 25.2 Å². The third-order valence-corrected chi connectivity index (χ3v) is 5.46. The first-order valence-electron chi connectivity index (χ1n) is 8.61. The number of piperidine rings is 1. The van der Waals surface area contributed by atoms with E-state index in [0.717, 1.165) is 29.8 Å². The number of carbonyl (C=O) groups is 2. The molecular weight excluding hydrogens is 336 g/mol. The fourth-order valence-electron chi connectivity index (χ4n) is 3.46. The van der Waals surface area contributed by atoms with Crippen molar-refractivity contribution in [3.05, 3.63) is 53.1 Å². The van der Waals surface area contributed by atoms with Crippen molar-refractivity contribution in [1.82, 2.24) is 5.32 Å². The Labute approximate surface area is 151 Å². The van der Waals surface area contributed by atoms with Crippen LogP contribution in [0.25, 0.3) is 11.1 Å². The molecule has 0 saturated carbocycles. The van der Waals surface area contributed by atoms with Crippen molar-refractivity contribution in [3.8, 4) is 11.1 Å². The lowest BCUT2D eigenvalue weighted by molar-refractivity contribution is -0.134. The van der Waals surface area contributed by atoms with Crippen molar-refractivity contribution in [2.24, 2.45) is 0 Å². The molecule has 0 spiro atoms. The highest BCUT2D eigenvalue weighted by molar-refractivity contribution is 6.34. The van der Waals surface area contributed by atoms with E-state index in [0.29, 0.717) is 17.9 Å². The zero-order valence-electron chi connectivity index (χ0n) is 13.8. The van der Waals surface area contributed by atoms with Gasteiger partial charge in [0.1, 0.15) is 0 Å². The number of hydrogen-bond donors (Lipinski definition) is 1. The number of anilines is 1. The van der Waals surface area contributed by atoms with E-state index < -0.39 is 0 Å². The minimum Gasteiger partial charge on any atom is -0.371 e. The van der Waals surface area contributed by atoms with Crippen LogP contribution in [0.15, 0.2) is 42.5 Å². The quantitative estimate of drug-likeness (QED) is 0.854. The van der Waals surface area contributed by atoms with Crippen molar-refractivity contribution in [2.75, 3.05) is 18.0 Å². The molecule has 25 heavy (non-hydrogen) atoms. The summed E-state index contributed by atoms with van der Waals surface area (Å²) in [4.78, 5) is 25.9. The van der Waals surface area contributed by atoms with Crippen LogP contribution in [0.4, 0.5) is 5.69 Å². The maximum Gasteiger partial charge on any atom is 0.234 e. The van der Waals surface area contributed by atoms with Gasteiger partial charge in [0.05, 0.1) is 10.9 Å². The molecule has 4 nitrogen and oxygen atoms in total. The van der Waals surface area contributed by atoms with Gasteiger partial charge in [-0.15, -0.1) is 0 Å². The molecule has 2 heterocycles. The van der Waals surface area contributed by atoms with Crippen LogP contribution < -0.4 is 10.2 Å². The molecular formula is C20H19ClN2O2. The van der Waals surface area contributed by atoms with E-state index >= 15 is 0 Å². The Morgan fingerprint density at radius 1 is 1.04 bits per heavy atom. The highest BCUT2D eigenvalue weighted by Crippen LogP contribution is 2.37. The van der Waals surface area contributed by atoms with Crippen LogP contribution in [-0.4, -0.2) is 24.9 Å². The topological polar surface area (TPSA) is 49.4 Å². The van der Waals surface area contributed by atoms with E-state index in [1.54, 1.807) is 0 Å². The molecule has 2 aliphatic rings. The number of nitrogens with one attached hydrogen (secondary N) is 1. The summed E-state index contributed by atoms with van der Waals surface area (Å²) >= 11 is 6.64. The highest BCUT2D eigenvalue weighted by Gasteiger charge is 2.30. The van der Waals surface area contributed by atoms with Gasteiger partial charge in [-0.05, 0) is 36.1 Å². The third kappa shape index (κ3) is 3.02. The van der Waals surface area contributed by atoms with Gasteiger partial charge in [0, 0.05) is 30.8 Å². The predicted molar refractivity (Wildman–Crippen MR) is 98.8 cm³/mol. The Balaban J connectivity index is 1.64. The average Bonchev–Trinajstić information content (AvgIpc) is 2.55. The van der Waals surface area contributed by atoms with Gasteiger partial charge in [0.2, 0.25) is 11.8 Å². The summed E-state index contributed by atoms with van der Waals surface area (Å²) in [6.07, 6.45) is 2.10. The molecule has 1 N–H and O–H groups in total. The summed E-state index contributed by atoms with van der Waals surface area (Å²) in [6, 6.07) is 14.1. The second-order valence-electron chi connectivity index (χ2n) is 6.60. The molecule has 0 radical (unpaired) electrons. The van der Waals surface area contributed by atoms with E-state index in [-0.39, 0.29) is 17.7 Å². The Hall–Kier alpha value is -2.33. The second-order valence-corrected chi connectivity index (χ2v) is 6.98. The van der Waals surface area contributed by atoms with E-state index in [1.165, 1.54) is 12.1 Å². The second kappa shape index (κ2) is 6.52. The highest BCUT2D eigenvalue weighted by atomic mass is 35.5. The fourth-order valence-corrected chi connectivity index (χ4v) is 3.83. The van der Waals surface area contributed by atoms with Gasteiger partial charge in [-0.2, -0.15) is 0 Å². The largest absolute Gasteiger partial charge is 0.371 e. The lowest BCUT2D eigenvalue weighted by Gasteiger charge is -2.33. The average molecular weight is 355 g/mol. The molecule has 0 bridgehead atoms. The molecule has 2 saturated heterocycles. The number of benzene rings is 2. The molecule has 128 valence electrons. The molecule has 2 amide bonds. The van der Waals surface area contributed by atoms with Crippen molar-refractivity contribution < 1.29 is 9.59 Å². The molecule has 2 aliphatic heterocycles. The van der Waals surface area contributed by atoms with E-state index in [1.807, 2.05) is 18.2 Å². The van der Waals surface area contributed by atoms with Crippen LogP contribution in [-0.2, 0) is 9.59 Å². The molecule has 0 unspecified atom stereocenters. The standard InChI is InChI=1S/C20H19ClN2O2/c21-19-15(13-5-7-14(8-6-13)23-11-2-12-23)3-1-4-16(19)17-9-10-18(24)22-20(17)25/h1,3-8,17H,2,9-12H2,(H,22,24,25)/t17-/m1/s1. The molecule has 2 aromatic carbocycles. The first-order chi connectivity index (χ1) is 12.1. The number of carbonyl (C=O) groups excluding carboxylic acids is 2. The van der Waals surface area contributed by atoms with Gasteiger partial charge in [0.15, 0.2) is 0 Å². The van der Waals surface area contributed by atoms with Crippen molar-refractivity contribution in [1.29, 1.82) is 0 Å². The van der Waals surface area contributed by atoms with E-state index in [9.17, 15) is 9.59 Å². The maximum atomic E-state index is 12.2. The Morgan fingerprint density at radius 2 is 1.80 bits per heavy atom. The molecule has 0 aromatic heterocycles. The van der Waals surface area contributed by atoms with Gasteiger partial charge in [0.25, 0.3) is 0 Å². The number of imide groups is 1. The number of hydrogen-bond acceptors (Lipinski definition) is 3. The normalized spacial score (nSPS) is 20.2. The van der Waals surface area contributed by atoms with Gasteiger partial charge in [-0.25, -0.2) is 0 Å². The first kappa shape index (κ1) is 16.2. The third-order valence-electron chi connectivity index (χ3n) is 5.04. The van der Waals surface area contributed by atoms with Crippen molar-refractivity contribution >= 4 is 29.1 Å². The molecule has 1 atom stereocenters. The lowest BCUT2D eigenvalue weighted by atomic mass is 9.88. The van der Waals surface area contributed by atoms with Crippen LogP contribution in [0.1, 0.15) is 30.7 Å². The number of halogens is 1. The summed E-state index contributed by atoms with van der Waals surface area (Å²) in [6.45, 7) is 2.23. The Morgan fingerprint density at radius 3 is 2.44 bits per heavy atom. The van der Waals surface area contributed by atoms with Crippen LogP contribution in [0.2, 0.25) is 5.02 Å². The fraction of sp³-hybridized carbons (Fsp3) is 0.300. The summed E-state index contributed by atoms with van der Waals surface area (Å²) in [7, 11) is 0. The van der Waals surface area contributed by atoms with Crippen LogP contribution in [0.5, 0.6) is 0 Å². The van der Waals surface area contributed by atoms with E-state index in [2.05, 4.69) is 34.5 Å². The van der Waals surface area contributed by atoms with Crippen molar-refractivity contribution in [3.63, 3.8) is 0 Å². The Kier molecular flexibility index (Phi) is 4.22. The van der Waals surface area contributed by atoms with Crippen LogP contribution >= 0.6 is 11.6 Å². The maximum absolute atomic E-state index is 12.2. The van der Waals surface area contributed by atoms with Gasteiger partial charge in [-0.1, -0.05) is 41.9 Å². The number of nitrogens with zero attached hydrogens (tertiary/aromatic N) is 1. The van der Waals surface area contributed by atoms with Gasteiger partial charge >= 0.3 is 0 Å². The summed E-state index contributed by atoms with van der Waals surface area (Å²) < 4.78 is 0. The minimum atomic E-state index is -0.370. The zero-order chi connectivity index (χ0) is 17.4. The number of rotatable bonds is 3. The van der Waals surface area contributed by atoms with Crippen LogP contribution in [0.3, 0.4) is 0 Å². The summed E-state index contributed by atoms with van der Waals surface area (Å²) in [5.74, 6) is -0.843. The van der Waals surface area contributed by atoms with Gasteiger partial charge < -0.3 is 4.90 Å². The summed E-state index contributed by atoms with van der Waals surface area (Å²) in [5, 5.41) is 3.00. The molecule has 0 aliphatic carbocycles. The predicted octanol–water partition coefficient (Wildman–Crippen LogP) is 3.74. The lowest BCUT2D eigenvalue weighted by Crippen LogP contribution is -2.39. The smallest absolute Gasteiger partial charge is 0.234 e. The summed E-state index contributed by atoms with van der Waals surface area (Å²) in [5.41, 5.74) is 3.96. The SMILES string of the molecule is O=C1CC[C@H](c2cccc(-c3ccc(N4CCC4)cc3)c2Cl)C(=O)N1. The molecule has 5 heteroatoms. The zero-order valence-corrected chi connectivity index (χ0v) is 14.6.